The van der Waals surface area contributed by atoms with Crippen LogP contribution in [0, 0.1) is 0 Å². The quantitative estimate of drug-likeness (QED) is 0.390. The lowest BCUT2D eigenvalue weighted by Gasteiger charge is -2.18. The normalized spacial score (nSPS) is 12.2. The average molecular weight is 200 g/mol. The van der Waals surface area contributed by atoms with Crippen LogP contribution in [0.15, 0.2) is 11.8 Å². The highest BCUT2D eigenvalue weighted by atomic mass is 16.7. The molecule has 0 radical (unpaired) electrons. The SMILES string of the molecule is CC(=O)/C=C(/C)OC(=O)OC(C)(C)C. The van der Waals surface area contributed by atoms with E-state index in [0.717, 1.165) is 0 Å². The summed E-state index contributed by atoms with van der Waals surface area (Å²) >= 11 is 0. The van der Waals surface area contributed by atoms with Gasteiger partial charge < -0.3 is 9.47 Å². The van der Waals surface area contributed by atoms with Gasteiger partial charge in [-0.05, 0) is 34.6 Å². The lowest BCUT2D eigenvalue weighted by Crippen LogP contribution is -2.24. The van der Waals surface area contributed by atoms with E-state index < -0.39 is 11.8 Å². The monoisotopic (exact) mass is 200 g/mol. The Morgan fingerprint density at radius 1 is 1.14 bits per heavy atom. The van der Waals surface area contributed by atoms with Crippen molar-refractivity contribution >= 4 is 11.9 Å². The molecule has 0 aliphatic heterocycles. The van der Waals surface area contributed by atoms with Gasteiger partial charge in [0.2, 0.25) is 0 Å². The first-order chi connectivity index (χ1) is 6.20. The predicted molar refractivity (Wildman–Crippen MR) is 51.8 cm³/mol. The Labute approximate surface area is 83.9 Å². The van der Waals surface area contributed by atoms with Gasteiger partial charge in [-0.1, -0.05) is 0 Å². The van der Waals surface area contributed by atoms with Crippen LogP contribution in [0.4, 0.5) is 4.79 Å². The van der Waals surface area contributed by atoms with Crippen LogP contribution in [0.1, 0.15) is 34.6 Å². The number of allylic oxidation sites excluding steroid dienone is 2. The van der Waals surface area contributed by atoms with Crippen LogP contribution in [-0.2, 0) is 14.3 Å². The van der Waals surface area contributed by atoms with E-state index >= 15 is 0 Å². The Morgan fingerprint density at radius 2 is 1.64 bits per heavy atom. The summed E-state index contributed by atoms with van der Waals surface area (Å²) in [5.74, 6) is 0.0535. The number of hydrogen-bond acceptors (Lipinski definition) is 4. The van der Waals surface area contributed by atoms with Crippen molar-refractivity contribution < 1.29 is 19.1 Å². The van der Waals surface area contributed by atoms with Crippen LogP contribution >= 0.6 is 0 Å². The number of ketones is 1. The molecule has 0 bridgehead atoms. The number of carbonyl (C=O) groups excluding carboxylic acids is 2. The third-order valence-corrected chi connectivity index (χ3v) is 1.04. The van der Waals surface area contributed by atoms with Gasteiger partial charge in [-0.25, -0.2) is 4.79 Å². The lowest BCUT2D eigenvalue weighted by atomic mass is 10.2. The van der Waals surface area contributed by atoms with Crippen LogP contribution in [0.2, 0.25) is 0 Å². The number of ether oxygens (including phenoxy) is 2. The molecule has 0 atom stereocenters. The van der Waals surface area contributed by atoms with Gasteiger partial charge in [0, 0.05) is 6.08 Å². The zero-order valence-electron chi connectivity index (χ0n) is 9.21. The Kier molecular flexibility index (Phi) is 4.34. The summed E-state index contributed by atoms with van der Waals surface area (Å²) < 4.78 is 9.59. The molecule has 4 nitrogen and oxygen atoms in total. The summed E-state index contributed by atoms with van der Waals surface area (Å²) in [6, 6.07) is 0. The van der Waals surface area contributed by atoms with E-state index in [-0.39, 0.29) is 11.5 Å². The van der Waals surface area contributed by atoms with Crippen molar-refractivity contribution in [3.63, 3.8) is 0 Å². The molecule has 0 amide bonds. The van der Waals surface area contributed by atoms with Gasteiger partial charge in [0.25, 0.3) is 0 Å². The molecule has 0 aromatic heterocycles. The van der Waals surface area contributed by atoms with E-state index in [4.69, 9.17) is 9.47 Å². The van der Waals surface area contributed by atoms with Crippen LogP contribution < -0.4 is 0 Å². The Morgan fingerprint density at radius 3 is 2.00 bits per heavy atom. The van der Waals surface area contributed by atoms with E-state index in [1.807, 2.05) is 0 Å². The molecule has 80 valence electrons. The summed E-state index contributed by atoms with van der Waals surface area (Å²) in [6.45, 7) is 8.10. The van der Waals surface area contributed by atoms with Crippen molar-refractivity contribution in [3.05, 3.63) is 11.8 Å². The van der Waals surface area contributed by atoms with Crippen LogP contribution in [0.3, 0.4) is 0 Å². The molecule has 0 heterocycles. The fraction of sp³-hybridized carbons (Fsp3) is 0.600. The maximum Gasteiger partial charge on any atom is 0.514 e. The minimum absolute atomic E-state index is 0.175. The zero-order chi connectivity index (χ0) is 11.4. The molecule has 0 saturated carbocycles. The van der Waals surface area contributed by atoms with Crippen LogP contribution in [0.25, 0.3) is 0 Å². The molecule has 0 aromatic carbocycles. The second-order valence-corrected chi connectivity index (χ2v) is 3.93. The molecular weight excluding hydrogens is 184 g/mol. The Hall–Kier alpha value is -1.32. The van der Waals surface area contributed by atoms with E-state index in [1.54, 1.807) is 20.8 Å². The van der Waals surface area contributed by atoms with E-state index in [1.165, 1.54) is 19.9 Å². The molecule has 0 aromatic rings. The first kappa shape index (κ1) is 12.7. The molecule has 0 aliphatic rings. The van der Waals surface area contributed by atoms with Gasteiger partial charge in [-0.2, -0.15) is 0 Å². The summed E-state index contributed by atoms with van der Waals surface area (Å²) in [6.07, 6.45) is 0.427. The highest BCUT2D eigenvalue weighted by Crippen LogP contribution is 2.10. The highest BCUT2D eigenvalue weighted by molar-refractivity contribution is 5.87. The van der Waals surface area contributed by atoms with Crippen molar-refractivity contribution in [2.45, 2.75) is 40.2 Å². The molecule has 0 N–H and O–H groups in total. The van der Waals surface area contributed by atoms with Gasteiger partial charge in [0.05, 0.1) is 0 Å². The summed E-state index contributed by atoms with van der Waals surface area (Å²) in [5.41, 5.74) is -0.590. The molecule has 4 heteroatoms. The van der Waals surface area contributed by atoms with Crippen molar-refractivity contribution in [3.8, 4) is 0 Å². The van der Waals surface area contributed by atoms with Gasteiger partial charge in [-0.15, -0.1) is 0 Å². The first-order valence-electron chi connectivity index (χ1n) is 4.30. The predicted octanol–water partition coefficient (Wildman–Crippen LogP) is 2.43. The van der Waals surface area contributed by atoms with Crippen molar-refractivity contribution in [1.29, 1.82) is 0 Å². The molecule has 0 unspecified atom stereocenters. The van der Waals surface area contributed by atoms with Gasteiger partial charge in [-0.3, -0.25) is 4.79 Å². The van der Waals surface area contributed by atoms with Gasteiger partial charge in [0.15, 0.2) is 5.78 Å². The summed E-state index contributed by atoms with van der Waals surface area (Å²) in [4.78, 5) is 21.7. The molecule has 0 rings (SSSR count). The largest absolute Gasteiger partial charge is 0.514 e. The Bertz CT molecular complexity index is 258. The minimum atomic E-state index is -0.799. The van der Waals surface area contributed by atoms with Crippen molar-refractivity contribution in [2.24, 2.45) is 0 Å². The molecular formula is C10H16O4. The number of hydrogen-bond donors (Lipinski definition) is 0. The van der Waals surface area contributed by atoms with E-state index in [9.17, 15) is 9.59 Å². The zero-order valence-corrected chi connectivity index (χ0v) is 9.21. The molecule has 0 saturated heterocycles. The van der Waals surface area contributed by atoms with Crippen LogP contribution in [-0.4, -0.2) is 17.5 Å². The molecule has 0 aliphatic carbocycles. The third kappa shape index (κ3) is 7.34. The van der Waals surface area contributed by atoms with E-state index in [0.29, 0.717) is 0 Å². The topological polar surface area (TPSA) is 52.6 Å². The fourth-order valence-electron chi connectivity index (χ4n) is 0.718. The maximum atomic E-state index is 11.1. The summed E-state index contributed by atoms with van der Waals surface area (Å²) in [7, 11) is 0. The molecule has 14 heavy (non-hydrogen) atoms. The van der Waals surface area contributed by atoms with E-state index in [2.05, 4.69) is 0 Å². The average Bonchev–Trinajstić information content (AvgIpc) is 1.77. The van der Waals surface area contributed by atoms with Crippen molar-refractivity contribution in [2.75, 3.05) is 0 Å². The fourth-order valence-corrected chi connectivity index (χ4v) is 0.718. The maximum absolute atomic E-state index is 11.1. The third-order valence-electron chi connectivity index (χ3n) is 1.04. The second kappa shape index (κ2) is 4.79. The van der Waals surface area contributed by atoms with Gasteiger partial charge in [0.1, 0.15) is 11.4 Å². The lowest BCUT2D eigenvalue weighted by molar-refractivity contribution is -0.112. The number of rotatable bonds is 2. The standard InChI is InChI=1S/C10H16O4/c1-7(11)6-8(2)13-9(12)14-10(3,4)5/h6H,1-5H3/b8-6-. The molecule has 0 spiro atoms. The second-order valence-electron chi connectivity index (χ2n) is 3.93. The molecule has 0 fully saturated rings. The number of carbonyl (C=O) groups is 2. The van der Waals surface area contributed by atoms with Gasteiger partial charge >= 0.3 is 6.16 Å². The Balaban J connectivity index is 4.14. The summed E-state index contributed by atoms with van der Waals surface area (Å²) in [5, 5.41) is 0. The minimum Gasteiger partial charge on any atom is -0.428 e. The van der Waals surface area contributed by atoms with Crippen LogP contribution in [0.5, 0.6) is 0 Å². The first-order valence-corrected chi connectivity index (χ1v) is 4.30. The van der Waals surface area contributed by atoms with Crippen molar-refractivity contribution in [1.82, 2.24) is 0 Å². The highest BCUT2D eigenvalue weighted by Gasteiger charge is 2.17. The smallest absolute Gasteiger partial charge is 0.428 e.